The minimum Gasteiger partial charge on any atom is -0.362 e. The summed E-state index contributed by atoms with van der Waals surface area (Å²) in [6, 6.07) is 15.4. The molecule has 2 fully saturated rings. The Balaban J connectivity index is 1.25. The molecule has 32 heavy (non-hydrogen) atoms. The average molecular weight is 471 g/mol. The van der Waals surface area contributed by atoms with Crippen molar-refractivity contribution >= 4 is 29.2 Å². The Morgan fingerprint density at radius 2 is 1.72 bits per heavy atom. The van der Waals surface area contributed by atoms with Crippen molar-refractivity contribution in [3.63, 3.8) is 0 Å². The molecule has 168 valence electrons. The number of hydrogen-bond acceptors (Lipinski definition) is 2. The third kappa shape index (κ3) is 4.28. The van der Waals surface area contributed by atoms with E-state index in [9.17, 15) is 4.79 Å². The summed E-state index contributed by atoms with van der Waals surface area (Å²) < 4.78 is 6.47. The number of carbonyl (C=O) groups excluding carboxylic acids is 1. The first-order valence-corrected chi connectivity index (χ1v) is 12.1. The number of benzene rings is 2. The second kappa shape index (κ2) is 8.74. The highest BCUT2D eigenvalue weighted by atomic mass is 35.5. The highest BCUT2D eigenvalue weighted by Crippen LogP contribution is 2.44. The molecule has 1 saturated carbocycles. The molecule has 1 aliphatic heterocycles. The highest BCUT2D eigenvalue weighted by molar-refractivity contribution is 6.32. The summed E-state index contributed by atoms with van der Waals surface area (Å²) in [5.41, 5.74) is 3.17. The minimum atomic E-state index is -0.382. The van der Waals surface area contributed by atoms with Crippen LogP contribution in [0.15, 0.2) is 60.2 Å². The van der Waals surface area contributed by atoms with E-state index in [0.717, 1.165) is 30.4 Å². The van der Waals surface area contributed by atoms with Crippen LogP contribution >= 0.6 is 23.2 Å². The molecule has 2 amide bonds. The molecule has 2 bridgehead atoms. The molecule has 6 heteroatoms. The second-order valence-corrected chi connectivity index (χ2v) is 10.4. The van der Waals surface area contributed by atoms with Gasteiger partial charge in [0, 0.05) is 26.7 Å². The van der Waals surface area contributed by atoms with Crippen LogP contribution in [0.25, 0.3) is 0 Å². The zero-order valence-electron chi connectivity index (χ0n) is 18.2. The van der Waals surface area contributed by atoms with E-state index < -0.39 is 0 Å². The van der Waals surface area contributed by atoms with Gasteiger partial charge in [0.1, 0.15) is 6.10 Å². The molecule has 1 saturated heterocycles. The molecule has 1 heterocycles. The van der Waals surface area contributed by atoms with Gasteiger partial charge >= 0.3 is 6.03 Å². The Kier molecular flexibility index (Phi) is 5.96. The van der Waals surface area contributed by atoms with E-state index in [1.165, 1.54) is 12.0 Å². The van der Waals surface area contributed by atoms with Crippen LogP contribution in [0.2, 0.25) is 10.0 Å². The molecule has 2 aromatic carbocycles. The fourth-order valence-electron chi connectivity index (χ4n) is 5.44. The van der Waals surface area contributed by atoms with Gasteiger partial charge in [-0.05, 0) is 43.7 Å². The number of nitrogens with one attached hydrogen (secondary N) is 1. The predicted molar refractivity (Wildman–Crippen MR) is 128 cm³/mol. The maximum absolute atomic E-state index is 13.0. The van der Waals surface area contributed by atoms with Crippen LogP contribution < -0.4 is 5.32 Å². The lowest BCUT2D eigenvalue weighted by Crippen LogP contribution is -2.62. The Morgan fingerprint density at radius 1 is 1.09 bits per heavy atom. The van der Waals surface area contributed by atoms with Crippen molar-refractivity contribution in [3.8, 4) is 0 Å². The molecule has 5 rings (SSSR count). The maximum Gasteiger partial charge on any atom is 0.318 e. The quantitative estimate of drug-likeness (QED) is 0.514. The monoisotopic (exact) mass is 470 g/mol. The van der Waals surface area contributed by atoms with Crippen LogP contribution in [-0.4, -0.2) is 35.7 Å². The van der Waals surface area contributed by atoms with Crippen LogP contribution in [0.4, 0.5) is 4.79 Å². The molecule has 2 unspecified atom stereocenters. The maximum atomic E-state index is 13.0. The lowest BCUT2D eigenvalue weighted by molar-refractivity contribution is -0.0654. The molecular weight excluding hydrogens is 443 g/mol. The summed E-state index contributed by atoms with van der Waals surface area (Å²) in [5.74, 6) is 0.622. The standard InChI is InChI=1S/C26H28Cl2N2O2/c1-17-12-18-10-11-26(13-17,14-18)29-25(31)30-15-19(16-30)32-24(20-6-2-4-8-22(20)27)21-7-3-5-9-23(21)28/h2-10,17,19,24H,11-16H2,1H3,(H,29,31). The summed E-state index contributed by atoms with van der Waals surface area (Å²) in [5, 5.41) is 4.63. The van der Waals surface area contributed by atoms with E-state index in [1.54, 1.807) is 0 Å². The Labute approximate surface area is 199 Å². The highest BCUT2D eigenvalue weighted by Gasteiger charge is 2.43. The number of rotatable bonds is 5. The fourth-order valence-corrected chi connectivity index (χ4v) is 5.91. The topological polar surface area (TPSA) is 41.6 Å². The molecule has 0 aromatic heterocycles. The van der Waals surface area contributed by atoms with Gasteiger partial charge in [-0.15, -0.1) is 0 Å². The first-order chi connectivity index (χ1) is 15.4. The van der Waals surface area contributed by atoms with Crippen LogP contribution in [0.3, 0.4) is 0 Å². The van der Waals surface area contributed by atoms with Gasteiger partial charge in [0.25, 0.3) is 0 Å². The molecular formula is C26H28Cl2N2O2. The van der Waals surface area contributed by atoms with E-state index >= 15 is 0 Å². The second-order valence-electron chi connectivity index (χ2n) is 9.55. The van der Waals surface area contributed by atoms with Crippen molar-refractivity contribution in [3.05, 3.63) is 81.4 Å². The van der Waals surface area contributed by atoms with Crippen molar-refractivity contribution in [1.82, 2.24) is 10.2 Å². The first kappa shape index (κ1) is 21.8. The number of halogens is 2. The van der Waals surface area contributed by atoms with E-state index in [1.807, 2.05) is 53.4 Å². The number of fused-ring (bicyclic) bond motifs is 2. The summed E-state index contributed by atoms with van der Waals surface area (Å²) in [7, 11) is 0. The molecule has 0 spiro atoms. The summed E-state index contributed by atoms with van der Waals surface area (Å²) in [4.78, 5) is 14.8. The lowest BCUT2D eigenvalue weighted by atomic mass is 9.78. The zero-order valence-corrected chi connectivity index (χ0v) is 19.7. The molecule has 3 aliphatic rings. The Bertz CT molecular complexity index is 1000. The van der Waals surface area contributed by atoms with Crippen molar-refractivity contribution < 1.29 is 9.53 Å². The van der Waals surface area contributed by atoms with Crippen molar-refractivity contribution in [2.75, 3.05) is 13.1 Å². The van der Waals surface area contributed by atoms with Crippen molar-refractivity contribution in [1.29, 1.82) is 0 Å². The van der Waals surface area contributed by atoms with Crippen LogP contribution in [0, 0.1) is 5.92 Å². The van der Waals surface area contributed by atoms with Gasteiger partial charge in [-0.1, -0.05) is 78.2 Å². The van der Waals surface area contributed by atoms with Gasteiger partial charge in [0.15, 0.2) is 0 Å². The number of likely N-dealkylation sites (tertiary alicyclic amines) is 1. The molecule has 2 aliphatic carbocycles. The first-order valence-electron chi connectivity index (χ1n) is 11.3. The fraction of sp³-hybridized carbons (Fsp3) is 0.423. The van der Waals surface area contributed by atoms with Crippen LogP contribution in [-0.2, 0) is 4.74 Å². The summed E-state index contributed by atoms with van der Waals surface area (Å²) >= 11 is 13.0. The van der Waals surface area contributed by atoms with E-state index in [0.29, 0.717) is 29.1 Å². The number of nitrogens with zero attached hydrogens (tertiary/aromatic N) is 1. The number of urea groups is 1. The van der Waals surface area contributed by atoms with Gasteiger partial charge < -0.3 is 15.0 Å². The zero-order chi connectivity index (χ0) is 22.3. The van der Waals surface area contributed by atoms with Gasteiger partial charge in [-0.25, -0.2) is 4.79 Å². The number of carbonyl (C=O) groups is 1. The molecule has 2 aromatic rings. The van der Waals surface area contributed by atoms with E-state index in [2.05, 4.69) is 18.3 Å². The largest absolute Gasteiger partial charge is 0.362 e. The lowest BCUT2D eigenvalue weighted by Gasteiger charge is -2.44. The number of hydrogen-bond donors (Lipinski definition) is 1. The summed E-state index contributed by atoms with van der Waals surface area (Å²) in [6.45, 7) is 3.39. The molecule has 1 N–H and O–H groups in total. The Hall–Kier alpha value is -2.01. The van der Waals surface area contributed by atoms with Crippen LogP contribution in [0.5, 0.6) is 0 Å². The number of amides is 2. The van der Waals surface area contributed by atoms with Gasteiger partial charge in [0.05, 0.1) is 19.2 Å². The summed E-state index contributed by atoms with van der Waals surface area (Å²) in [6.07, 6.45) is 6.04. The number of ether oxygens (including phenoxy) is 1. The minimum absolute atomic E-state index is 0.0145. The van der Waals surface area contributed by atoms with E-state index in [-0.39, 0.29) is 23.8 Å². The third-order valence-corrected chi connectivity index (χ3v) is 7.60. The van der Waals surface area contributed by atoms with Crippen molar-refractivity contribution in [2.45, 2.75) is 50.4 Å². The van der Waals surface area contributed by atoms with Crippen LogP contribution in [0.1, 0.15) is 49.8 Å². The predicted octanol–water partition coefficient (Wildman–Crippen LogP) is 6.38. The Morgan fingerprint density at radius 3 is 2.34 bits per heavy atom. The smallest absolute Gasteiger partial charge is 0.318 e. The average Bonchev–Trinajstić information content (AvgIpc) is 3.02. The van der Waals surface area contributed by atoms with Crippen molar-refractivity contribution in [2.24, 2.45) is 5.92 Å². The normalized spacial score (nSPS) is 24.9. The van der Waals surface area contributed by atoms with Gasteiger partial charge in [-0.2, -0.15) is 0 Å². The SMILES string of the molecule is CC1CC2=CCC(NC(=O)N3CC(OC(c4ccccc4Cl)c4ccccc4Cl)C3)(C2)C1. The molecule has 2 atom stereocenters. The third-order valence-electron chi connectivity index (χ3n) is 6.91. The molecule has 0 radical (unpaired) electrons. The van der Waals surface area contributed by atoms with E-state index in [4.69, 9.17) is 27.9 Å². The molecule has 4 nitrogen and oxygen atoms in total. The van der Waals surface area contributed by atoms with Gasteiger partial charge in [0.2, 0.25) is 0 Å². The van der Waals surface area contributed by atoms with Gasteiger partial charge in [-0.3, -0.25) is 0 Å².